The molecule has 100 valence electrons. The molecular formula is C15H16ClFN2. The van der Waals surface area contributed by atoms with Gasteiger partial charge in [0.05, 0.1) is 6.20 Å². The first-order chi connectivity index (χ1) is 9.22. The highest BCUT2D eigenvalue weighted by atomic mass is 35.5. The van der Waals surface area contributed by atoms with E-state index in [1.807, 2.05) is 12.1 Å². The van der Waals surface area contributed by atoms with Gasteiger partial charge in [-0.1, -0.05) is 24.6 Å². The number of benzene rings is 1. The van der Waals surface area contributed by atoms with Gasteiger partial charge in [-0.15, -0.1) is 0 Å². The summed E-state index contributed by atoms with van der Waals surface area (Å²) < 4.78 is 13.8. The first kappa shape index (κ1) is 14.0. The molecule has 0 atom stereocenters. The van der Waals surface area contributed by atoms with Crippen molar-refractivity contribution in [3.8, 4) is 11.1 Å². The average Bonchev–Trinajstić information content (AvgIpc) is 2.40. The lowest BCUT2D eigenvalue weighted by Crippen LogP contribution is -2.14. The van der Waals surface area contributed by atoms with Gasteiger partial charge in [0, 0.05) is 23.3 Å². The molecule has 2 rings (SSSR count). The van der Waals surface area contributed by atoms with E-state index in [-0.39, 0.29) is 5.82 Å². The third-order valence-electron chi connectivity index (χ3n) is 2.87. The number of nitrogens with one attached hydrogen (secondary N) is 1. The molecule has 1 aromatic carbocycles. The van der Waals surface area contributed by atoms with Crippen LogP contribution >= 0.6 is 11.6 Å². The van der Waals surface area contributed by atoms with Crippen LogP contribution in [0.3, 0.4) is 0 Å². The fraction of sp³-hybridized carbons (Fsp3) is 0.267. The van der Waals surface area contributed by atoms with Crippen LogP contribution in [0.5, 0.6) is 0 Å². The Morgan fingerprint density at radius 1 is 1.26 bits per heavy atom. The average molecular weight is 279 g/mol. The quantitative estimate of drug-likeness (QED) is 0.835. The molecule has 0 saturated carbocycles. The van der Waals surface area contributed by atoms with Gasteiger partial charge in [-0.3, -0.25) is 4.98 Å². The zero-order valence-corrected chi connectivity index (χ0v) is 11.5. The fourth-order valence-electron chi connectivity index (χ4n) is 1.96. The molecule has 0 aliphatic carbocycles. The largest absolute Gasteiger partial charge is 0.313 e. The highest BCUT2D eigenvalue weighted by molar-refractivity contribution is 6.30. The molecule has 1 aromatic heterocycles. The van der Waals surface area contributed by atoms with Gasteiger partial charge in [0.15, 0.2) is 0 Å². The standard InChI is InChI=1S/C15H16ClFN2/c1-2-6-18-9-11-8-12(16)3-4-13(11)14-5-7-19-10-15(14)17/h3-5,7-8,10,18H,2,6,9H2,1H3. The number of pyridine rings is 1. The number of halogens is 2. The topological polar surface area (TPSA) is 24.9 Å². The molecule has 0 saturated heterocycles. The van der Waals surface area contributed by atoms with E-state index in [1.54, 1.807) is 18.3 Å². The predicted molar refractivity (Wildman–Crippen MR) is 76.6 cm³/mol. The molecule has 0 radical (unpaired) electrons. The SMILES string of the molecule is CCCNCc1cc(Cl)ccc1-c1ccncc1F. The maximum Gasteiger partial charge on any atom is 0.149 e. The molecular weight excluding hydrogens is 263 g/mol. The minimum Gasteiger partial charge on any atom is -0.313 e. The number of hydrogen-bond acceptors (Lipinski definition) is 2. The zero-order valence-electron chi connectivity index (χ0n) is 10.8. The number of nitrogens with zero attached hydrogens (tertiary/aromatic N) is 1. The molecule has 0 fully saturated rings. The Balaban J connectivity index is 2.36. The maximum atomic E-state index is 13.8. The van der Waals surface area contributed by atoms with E-state index >= 15 is 0 Å². The summed E-state index contributed by atoms with van der Waals surface area (Å²) in [7, 11) is 0. The molecule has 0 aliphatic rings. The molecule has 0 aliphatic heterocycles. The van der Waals surface area contributed by atoms with Gasteiger partial charge in [0.1, 0.15) is 5.82 Å². The summed E-state index contributed by atoms with van der Waals surface area (Å²) in [5, 5.41) is 3.97. The first-order valence-electron chi connectivity index (χ1n) is 6.31. The van der Waals surface area contributed by atoms with Gasteiger partial charge in [0.2, 0.25) is 0 Å². The molecule has 0 spiro atoms. The summed E-state index contributed by atoms with van der Waals surface area (Å²) in [6.45, 7) is 3.70. The third kappa shape index (κ3) is 3.52. The summed E-state index contributed by atoms with van der Waals surface area (Å²) in [6, 6.07) is 7.19. The molecule has 0 bridgehead atoms. The van der Waals surface area contributed by atoms with Gasteiger partial charge in [0.25, 0.3) is 0 Å². The maximum absolute atomic E-state index is 13.8. The summed E-state index contributed by atoms with van der Waals surface area (Å²) in [6.07, 6.45) is 3.88. The van der Waals surface area contributed by atoms with E-state index in [9.17, 15) is 4.39 Å². The van der Waals surface area contributed by atoms with Crippen molar-refractivity contribution < 1.29 is 4.39 Å². The van der Waals surface area contributed by atoms with Crippen molar-refractivity contribution in [2.45, 2.75) is 19.9 Å². The van der Waals surface area contributed by atoms with Crippen LogP contribution in [0.4, 0.5) is 4.39 Å². The second kappa shape index (κ2) is 6.64. The van der Waals surface area contributed by atoms with Gasteiger partial charge in [-0.05, 0) is 42.3 Å². The lowest BCUT2D eigenvalue weighted by Gasteiger charge is -2.11. The Labute approximate surface area is 117 Å². The molecule has 1 heterocycles. The van der Waals surface area contributed by atoms with E-state index in [0.717, 1.165) is 24.1 Å². The van der Waals surface area contributed by atoms with Crippen LogP contribution < -0.4 is 5.32 Å². The van der Waals surface area contributed by atoms with Crippen LogP contribution in [0, 0.1) is 5.82 Å². The van der Waals surface area contributed by atoms with Crippen LogP contribution in [0.2, 0.25) is 5.02 Å². The van der Waals surface area contributed by atoms with E-state index < -0.39 is 0 Å². The van der Waals surface area contributed by atoms with Crippen LogP contribution in [0.15, 0.2) is 36.7 Å². The van der Waals surface area contributed by atoms with Crippen LogP contribution in [-0.4, -0.2) is 11.5 Å². The lowest BCUT2D eigenvalue weighted by molar-refractivity contribution is 0.624. The monoisotopic (exact) mass is 278 g/mol. The Morgan fingerprint density at radius 3 is 2.84 bits per heavy atom. The highest BCUT2D eigenvalue weighted by Gasteiger charge is 2.10. The van der Waals surface area contributed by atoms with Gasteiger partial charge >= 0.3 is 0 Å². The lowest BCUT2D eigenvalue weighted by atomic mass is 10.00. The molecule has 19 heavy (non-hydrogen) atoms. The van der Waals surface area contributed by atoms with E-state index in [0.29, 0.717) is 17.1 Å². The van der Waals surface area contributed by atoms with Crippen molar-refractivity contribution in [2.24, 2.45) is 0 Å². The van der Waals surface area contributed by atoms with Crippen molar-refractivity contribution in [2.75, 3.05) is 6.54 Å². The normalized spacial score (nSPS) is 10.7. The summed E-state index contributed by atoms with van der Waals surface area (Å²) >= 11 is 6.02. The number of hydrogen-bond donors (Lipinski definition) is 1. The van der Waals surface area contributed by atoms with E-state index in [4.69, 9.17) is 11.6 Å². The third-order valence-corrected chi connectivity index (χ3v) is 3.11. The second-order valence-electron chi connectivity index (χ2n) is 4.33. The van der Waals surface area contributed by atoms with Crippen LogP contribution in [0.1, 0.15) is 18.9 Å². The molecule has 0 unspecified atom stereocenters. The Bertz CT molecular complexity index is 558. The van der Waals surface area contributed by atoms with Gasteiger partial charge in [-0.2, -0.15) is 0 Å². The fourth-order valence-corrected chi connectivity index (χ4v) is 2.16. The minimum absolute atomic E-state index is 0.318. The first-order valence-corrected chi connectivity index (χ1v) is 6.69. The van der Waals surface area contributed by atoms with Crippen molar-refractivity contribution in [3.05, 3.63) is 53.1 Å². The van der Waals surface area contributed by atoms with E-state index in [2.05, 4.69) is 17.2 Å². The predicted octanol–water partition coefficient (Wildman–Crippen LogP) is 4.04. The van der Waals surface area contributed by atoms with Gasteiger partial charge in [-0.25, -0.2) is 4.39 Å². The molecule has 2 nitrogen and oxygen atoms in total. The molecule has 2 aromatic rings. The van der Waals surface area contributed by atoms with Crippen LogP contribution in [0.25, 0.3) is 11.1 Å². The zero-order chi connectivity index (χ0) is 13.7. The van der Waals surface area contributed by atoms with Crippen molar-refractivity contribution >= 4 is 11.6 Å². The molecule has 4 heteroatoms. The van der Waals surface area contributed by atoms with Crippen LogP contribution in [-0.2, 0) is 6.54 Å². The summed E-state index contributed by atoms with van der Waals surface area (Å²) in [5.74, 6) is -0.318. The summed E-state index contributed by atoms with van der Waals surface area (Å²) in [4.78, 5) is 3.78. The van der Waals surface area contributed by atoms with Crippen molar-refractivity contribution in [1.82, 2.24) is 10.3 Å². The molecule has 1 N–H and O–H groups in total. The Morgan fingerprint density at radius 2 is 2.11 bits per heavy atom. The minimum atomic E-state index is -0.318. The highest BCUT2D eigenvalue weighted by Crippen LogP contribution is 2.28. The molecule has 0 amide bonds. The number of rotatable bonds is 5. The Kier molecular flexibility index (Phi) is 4.88. The Hall–Kier alpha value is -1.45. The van der Waals surface area contributed by atoms with Crippen molar-refractivity contribution in [1.29, 1.82) is 0 Å². The smallest absolute Gasteiger partial charge is 0.149 e. The summed E-state index contributed by atoms with van der Waals surface area (Å²) in [5.41, 5.74) is 2.40. The second-order valence-corrected chi connectivity index (χ2v) is 4.77. The number of aromatic nitrogens is 1. The van der Waals surface area contributed by atoms with Crippen molar-refractivity contribution in [3.63, 3.8) is 0 Å². The van der Waals surface area contributed by atoms with E-state index in [1.165, 1.54) is 6.20 Å². The van der Waals surface area contributed by atoms with Gasteiger partial charge < -0.3 is 5.32 Å².